The van der Waals surface area contributed by atoms with E-state index in [2.05, 4.69) is 25.1 Å². The van der Waals surface area contributed by atoms with Crippen molar-refractivity contribution in [3.63, 3.8) is 0 Å². The molecule has 1 aliphatic carbocycles. The molecule has 1 amide bonds. The quantitative estimate of drug-likeness (QED) is 0.750. The highest BCUT2D eigenvalue weighted by molar-refractivity contribution is 5.96. The SMILES string of the molecule is Cc1cc(C2CCCCC2)ccc1-n1cc(C(N)=O)c(=O)c2ccccc21. The molecule has 1 aromatic heterocycles. The van der Waals surface area contributed by atoms with E-state index in [1.807, 2.05) is 16.7 Å². The van der Waals surface area contributed by atoms with Crippen LogP contribution in [0.15, 0.2) is 53.5 Å². The second kappa shape index (κ2) is 7.03. The summed E-state index contributed by atoms with van der Waals surface area (Å²) in [6, 6.07) is 13.9. The van der Waals surface area contributed by atoms with Crippen LogP contribution in [0.4, 0.5) is 0 Å². The fourth-order valence-electron chi connectivity index (χ4n) is 4.29. The number of aromatic nitrogens is 1. The highest BCUT2D eigenvalue weighted by Gasteiger charge is 2.18. The minimum Gasteiger partial charge on any atom is -0.365 e. The predicted molar refractivity (Wildman–Crippen MR) is 109 cm³/mol. The molecule has 0 saturated heterocycles. The molecule has 0 atom stereocenters. The molecule has 2 N–H and O–H groups in total. The highest BCUT2D eigenvalue weighted by Crippen LogP contribution is 2.34. The average Bonchev–Trinajstić information content (AvgIpc) is 2.69. The Morgan fingerprint density at radius 2 is 1.81 bits per heavy atom. The number of nitrogens with two attached hydrogens (primary N) is 1. The number of para-hydroxylation sites is 1. The van der Waals surface area contributed by atoms with Crippen molar-refractivity contribution in [2.24, 2.45) is 5.73 Å². The second-order valence-electron chi connectivity index (χ2n) is 7.50. The monoisotopic (exact) mass is 360 g/mol. The lowest BCUT2D eigenvalue weighted by Gasteiger charge is -2.23. The molecule has 0 unspecified atom stereocenters. The first-order valence-electron chi connectivity index (χ1n) is 9.61. The van der Waals surface area contributed by atoms with Crippen molar-refractivity contribution in [2.45, 2.75) is 44.9 Å². The number of pyridine rings is 1. The summed E-state index contributed by atoms with van der Waals surface area (Å²) in [5.74, 6) is -0.0607. The number of amides is 1. The Kier molecular flexibility index (Phi) is 4.56. The zero-order chi connectivity index (χ0) is 19.0. The van der Waals surface area contributed by atoms with Crippen molar-refractivity contribution < 1.29 is 4.79 Å². The van der Waals surface area contributed by atoms with E-state index in [9.17, 15) is 9.59 Å². The first-order valence-corrected chi connectivity index (χ1v) is 9.61. The van der Waals surface area contributed by atoms with Crippen molar-refractivity contribution in [1.82, 2.24) is 4.57 Å². The van der Waals surface area contributed by atoms with Gasteiger partial charge in [-0.15, -0.1) is 0 Å². The second-order valence-corrected chi connectivity index (χ2v) is 7.50. The lowest BCUT2D eigenvalue weighted by Crippen LogP contribution is -2.24. The summed E-state index contributed by atoms with van der Waals surface area (Å²) in [6.45, 7) is 2.08. The van der Waals surface area contributed by atoms with Crippen molar-refractivity contribution in [1.29, 1.82) is 0 Å². The van der Waals surface area contributed by atoms with Crippen LogP contribution >= 0.6 is 0 Å². The first-order chi connectivity index (χ1) is 13.1. The topological polar surface area (TPSA) is 65.1 Å². The summed E-state index contributed by atoms with van der Waals surface area (Å²) in [5, 5.41) is 0.504. The van der Waals surface area contributed by atoms with Crippen LogP contribution in [0.3, 0.4) is 0 Å². The Balaban J connectivity index is 1.88. The molecule has 0 aliphatic heterocycles. The maximum Gasteiger partial charge on any atom is 0.254 e. The summed E-state index contributed by atoms with van der Waals surface area (Å²) >= 11 is 0. The molecule has 0 bridgehead atoms. The van der Waals surface area contributed by atoms with Crippen molar-refractivity contribution >= 4 is 16.8 Å². The van der Waals surface area contributed by atoms with Crippen LogP contribution in [0, 0.1) is 6.92 Å². The molecule has 3 aromatic rings. The lowest BCUT2D eigenvalue weighted by molar-refractivity contribution is 0.0999. The summed E-state index contributed by atoms with van der Waals surface area (Å²) in [7, 11) is 0. The molecule has 4 nitrogen and oxygen atoms in total. The van der Waals surface area contributed by atoms with Gasteiger partial charge in [-0.25, -0.2) is 0 Å². The summed E-state index contributed by atoms with van der Waals surface area (Å²) in [5.41, 5.74) is 9.42. The molecule has 1 heterocycles. The van der Waals surface area contributed by atoms with E-state index in [0.29, 0.717) is 11.3 Å². The molecule has 1 saturated carbocycles. The molecule has 1 aliphatic rings. The number of hydrogen-bond acceptors (Lipinski definition) is 2. The fourth-order valence-corrected chi connectivity index (χ4v) is 4.29. The molecular formula is C23H24N2O2. The van der Waals surface area contributed by atoms with E-state index < -0.39 is 5.91 Å². The number of hydrogen-bond donors (Lipinski definition) is 1. The highest BCUT2D eigenvalue weighted by atomic mass is 16.2. The molecule has 0 spiro atoms. The zero-order valence-electron chi connectivity index (χ0n) is 15.6. The van der Waals surface area contributed by atoms with E-state index in [0.717, 1.165) is 16.8 Å². The number of fused-ring (bicyclic) bond motifs is 1. The van der Waals surface area contributed by atoms with Gasteiger partial charge in [0.2, 0.25) is 5.43 Å². The lowest BCUT2D eigenvalue weighted by atomic mass is 9.83. The van der Waals surface area contributed by atoms with Gasteiger partial charge in [0.1, 0.15) is 5.56 Å². The van der Waals surface area contributed by atoms with E-state index >= 15 is 0 Å². The van der Waals surface area contributed by atoms with Gasteiger partial charge in [0.15, 0.2) is 0 Å². The normalized spacial score (nSPS) is 15.1. The Labute approximate surface area is 158 Å². The number of primary amides is 1. The molecular weight excluding hydrogens is 336 g/mol. The minimum absolute atomic E-state index is 0.0180. The third-order valence-electron chi connectivity index (χ3n) is 5.73. The van der Waals surface area contributed by atoms with Crippen molar-refractivity contribution in [2.75, 3.05) is 0 Å². The van der Waals surface area contributed by atoms with E-state index in [-0.39, 0.29) is 11.0 Å². The van der Waals surface area contributed by atoms with Gasteiger partial charge in [-0.05, 0) is 55.0 Å². The Bertz CT molecular complexity index is 1080. The summed E-state index contributed by atoms with van der Waals surface area (Å²) in [6.07, 6.45) is 8.04. The molecule has 2 aromatic carbocycles. The van der Waals surface area contributed by atoms with Crippen LogP contribution in [0.5, 0.6) is 0 Å². The van der Waals surface area contributed by atoms with Gasteiger partial charge >= 0.3 is 0 Å². The number of carbonyl (C=O) groups is 1. The number of aryl methyl sites for hydroxylation is 1. The molecule has 1 fully saturated rings. The van der Waals surface area contributed by atoms with Gasteiger partial charge in [-0.1, -0.05) is 43.5 Å². The smallest absolute Gasteiger partial charge is 0.254 e. The third kappa shape index (κ3) is 3.16. The standard InChI is InChI=1S/C23H24N2O2/c1-15-13-17(16-7-3-2-4-8-16)11-12-20(15)25-14-19(23(24)27)22(26)18-9-5-6-10-21(18)25/h5-6,9-14,16H,2-4,7-8H2,1H3,(H2,24,27). The average molecular weight is 360 g/mol. The van der Waals surface area contributed by atoms with Gasteiger partial charge < -0.3 is 10.3 Å². The molecule has 138 valence electrons. The molecule has 4 heteroatoms. The van der Waals surface area contributed by atoms with Crippen molar-refractivity contribution in [3.05, 3.63) is 75.6 Å². The maximum atomic E-state index is 12.6. The molecule has 4 rings (SSSR count). The molecule has 0 radical (unpaired) electrons. The van der Waals surface area contributed by atoms with Crippen LogP contribution in [0.1, 0.15) is 59.5 Å². The number of benzene rings is 2. The van der Waals surface area contributed by atoms with Crippen LogP contribution < -0.4 is 11.2 Å². The molecule has 27 heavy (non-hydrogen) atoms. The van der Waals surface area contributed by atoms with E-state index in [4.69, 9.17) is 5.73 Å². The van der Waals surface area contributed by atoms with Crippen molar-refractivity contribution in [3.8, 4) is 5.69 Å². The number of carbonyl (C=O) groups excluding carboxylic acids is 1. The largest absolute Gasteiger partial charge is 0.365 e. The Hall–Kier alpha value is -2.88. The Morgan fingerprint density at radius 3 is 2.52 bits per heavy atom. The third-order valence-corrected chi connectivity index (χ3v) is 5.73. The minimum atomic E-state index is -0.698. The van der Waals surface area contributed by atoms with Gasteiger partial charge in [0.25, 0.3) is 5.91 Å². The van der Waals surface area contributed by atoms with Crippen LogP contribution in [-0.4, -0.2) is 10.5 Å². The Morgan fingerprint density at radius 1 is 1.07 bits per heavy atom. The van der Waals surface area contributed by atoms with E-state index in [1.54, 1.807) is 18.3 Å². The van der Waals surface area contributed by atoms with Crippen LogP contribution in [-0.2, 0) is 0 Å². The number of rotatable bonds is 3. The van der Waals surface area contributed by atoms with Gasteiger partial charge in [-0.2, -0.15) is 0 Å². The fraction of sp³-hybridized carbons (Fsp3) is 0.304. The zero-order valence-corrected chi connectivity index (χ0v) is 15.6. The number of nitrogens with zero attached hydrogens (tertiary/aromatic N) is 1. The van der Waals surface area contributed by atoms with Gasteiger partial charge in [-0.3, -0.25) is 9.59 Å². The van der Waals surface area contributed by atoms with Gasteiger partial charge in [0.05, 0.1) is 5.52 Å². The van der Waals surface area contributed by atoms with Crippen LogP contribution in [0.25, 0.3) is 16.6 Å². The maximum absolute atomic E-state index is 12.6. The van der Waals surface area contributed by atoms with Gasteiger partial charge in [0, 0.05) is 17.3 Å². The van der Waals surface area contributed by atoms with Crippen LogP contribution in [0.2, 0.25) is 0 Å². The van der Waals surface area contributed by atoms with E-state index in [1.165, 1.54) is 37.7 Å². The predicted octanol–water partition coefficient (Wildman–Crippen LogP) is 4.45. The first kappa shape index (κ1) is 17.5. The summed E-state index contributed by atoms with van der Waals surface area (Å²) < 4.78 is 1.91. The summed E-state index contributed by atoms with van der Waals surface area (Å²) in [4.78, 5) is 24.4.